The van der Waals surface area contributed by atoms with Crippen molar-refractivity contribution < 1.29 is 4.74 Å². The molecule has 0 bridgehead atoms. The molecule has 3 nitrogen and oxygen atoms in total. The van der Waals surface area contributed by atoms with Crippen LogP contribution in [0.1, 0.15) is 81.3 Å². The van der Waals surface area contributed by atoms with Crippen LogP contribution in [0.25, 0.3) is 22.3 Å². The molecule has 0 aromatic heterocycles. The van der Waals surface area contributed by atoms with Crippen LogP contribution in [0, 0.1) is 23.2 Å². The van der Waals surface area contributed by atoms with Crippen LogP contribution in [-0.4, -0.2) is 35.2 Å². The van der Waals surface area contributed by atoms with Gasteiger partial charge in [-0.15, -0.1) is 0 Å². The van der Waals surface area contributed by atoms with Gasteiger partial charge >= 0.3 is 0 Å². The Kier molecular flexibility index (Phi) is 6.31. The highest BCUT2D eigenvalue weighted by Gasteiger charge is 2.59. The van der Waals surface area contributed by atoms with Crippen LogP contribution in [0.2, 0.25) is 0 Å². The van der Waals surface area contributed by atoms with E-state index in [1.54, 1.807) is 0 Å². The van der Waals surface area contributed by atoms with Gasteiger partial charge in [0, 0.05) is 23.7 Å². The minimum atomic E-state index is 0.487. The van der Waals surface area contributed by atoms with Crippen LogP contribution in [0.15, 0.2) is 72.8 Å². The quantitative estimate of drug-likeness (QED) is 0.343. The van der Waals surface area contributed by atoms with Crippen molar-refractivity contribution in [3.05, 3.63) is 83.9 Å². The second-order valence-corrected chi connectivity index (χ2v) is 13.2. The molecule has 0 radical (unpaired) electrons. The number of hydrogen-bond donors (Lipinski definition) is 0. The van der Waals surface area contributed by atoms with Crippen molar-refractivity contribution in [1.82, 2.24) is 4.90 Å². The molecule has 3 aliphatic carbocycles. The molecule has 5 fully saturated rings. The number of morpholine rings is 1. The normalized spacial score (nSPS) is 34.8. The van der Waals surface area contributed by atoms with Crippen LogP contribution >= 0.6 is 0 Å². The minimum absolute atomic E-state index is 0.487. The highest BCUT2D eigenvalue weighted by molar-refractivity contribution is 5.77. The van der Waals surface area contributed by atoms with Gasteiger partial charge in [-0.3, -0.25) is 4.90 Å². The zero-order valence-corrected chi connectivity index (χ0v) is 23.4. The predicted octanol–water partition coefficient (Wildman–Crippen LogP) is 8.34. The summed E-state index contributed by atoms with van der Waals surface area (Å²) in [4.78, 5) is 3.07. The summed E-state index contributed by atoms with van der Waals surface area (Å²) in [5.74, 6) is 2.28. The Morgan fingerprint density at radius 1 is 0.675 bits per heavy atom. The zero-order chi connectivity index (χ0) is 26.6. The molecule has 3 aromatic rings. The van der Waals surface area contributed by atoms with Crippen LogP contribution in [-0.2, 0) is 4.74 Å². The number of nitrogens with zero attached hydrogens (tertiary/aromatic N) is 2. The summed E-state index contributed by atoms with van der Waals surface area (Å²) in [6.07, 6.45) is 14.4. The van der Waals surface area contributed by atoms with Gasteiger partial charge in [0.15, 0.2) is 0 Å². The summed E-state index contributed by atoms with van der Waals surface area (Å²) < 4.78 is 6.85. The van der Waals surface area contributed by atoms with E-state index in [2.05, 4.69) is 59.5 Å². The fourth-order valence-corrected chi connectivity index (χ4v) is 9.66. The summed E-state index contributed by atoms with van der Waals surface area (Å²) >= 11 is 0. The molecule has 8 rings (SSSR count). The van der Waals surface area contributed by atoms with Gasteiger partial charge in [0.25, 0.3) is 0 Å². The number of nitriles is 1. The van der Waals surface area contributed by atoms with E-state index in [0.717, 1.165) is 34.6 Å². The van der Waals surface area contributed by atoms with Gasteiger partial charge in [0.05, 0.1) is 23.8 Å². The summed E-state index contributed by atoms with van der Waals surface area (Å²) in [7, 11) is 0. The standard InChI is InChI=1S/C37H40N2O/c38-23-29-17-16-27(21-31(29)24-8-2-1-3-9-24)25-10-6-11-26(20-25)28-18-19-33-32(22-28)30-12-7-15-36-37(30)39(33)34-13-4-5-14-35(34)40-36/h1-3,6,8-11,16-17,20-21,28,30,32-37H,4-5,7,12-15,18-19,22H2. The van der Waals surface area contributed by atoms with Crippen molar-refractivity contribution in [2.45, 2.75) is 100 Å². The molecule has 2 aliphatic heterocycles. The van der Waals surface area contributed by atoms with Gasteiger partial charge in [0.2, 0.25) is 0 Å². The molecule has 3 aromatic carbocycles. The van der Waals surface area contributed by atoms with E-state index in [4.69, 9.17) is 4.74 Å². The number of rotatable bonds is 3. The van der Waals surface area contributed by atoms with E-state index >= 15 is 0 Å². The Labute approximate surface area is 239 Å². The summed E-state index contributed by atoms with van der Waals surface area (Å²) in [6, 6.07) is 30.5. The Morgan fingerprint density at radius 2 is 1.50 bits per heavy atom. The molecule has 5 aliphatic rings. The first-order valence-corrected chi connectivity index (χ1v) is 15.9. The monoisotopic (exact) mass is 528 g/mol. The van der Waals surface area contributed by atoms with Crippen LogP contribution in [0.4, 0.5) is 0 Å². The minimum Gasteiger partial charge on any atom is -0.372 e. The zero-order valence-electron chi connectivity index (χ0n) is 23.4. The van der Waals surface area contributed by atoms with Crippen LogP contribution in [0.5, 0.6) is 0 Å². The third kappa shape index (κ3) is 4.07. The van der Waals surface area contributed by atoms with Crippen molar-refractivity contribution in [1.29, 1.82) is 5.26 Å². The second-order valence-electron chi connectivity index (χ2n) is 13.2. The number of benzene rings is 3. The average molecular weight is 529 g/mol. The van der Waals surface area contributed by atoms with Gasteiger partial charge in [-0.05, 0) is 97.1 Å². The molecule has 8 unspecified atom stereocenters. The highest BCUT2D eigenvalue weighted by atomic mass is 16.5. The number of ether oxygens (including phenoxy) is 1. The Balaban J connectivity index is 1.08. The molecule has 3 saturated carbocycles. The van der Waals surface area contributed by atoms with E-state index in [0.29, 0.717) is 30.2 Å². The lowest BCUT2D eigenvalue weighted by atomic mass is 9.68. The maximum Gasteiger partial charge on any atom is 0.0998 e. The van der Waals surface area contributed by atoms with E-state index in [1.165, 1.54) is 80.9 Å². The van der Waals surface area contributed by atoms with E-state index < -0.39 is 0 Å². The summed E-state index contributed by atoms with van der Waals surface area (Å²) in [5, 5.41) is 9.77. The summed E-state index contributed by atoms with van der Waals surface area (Å²) in [5.41, 5.74) is 6.82. The molecular weight excluding hydrogens is 488 g/mol. The topological polar surface area (TPSA) is 36.3 Å². The lowest BCUT2D eigenvalue weighted by Crippen LogP contribution is -2.63. The van der Waals surface area contributed by atoms with Crippen LogP contribution < -0.4 is 0 Å². The molecule has 40 heavy (non-hydrogen) atoms. The molecule has 0 amide bonds. The molecule has 0 N–H and O–H groups in total. The molecule has 204 valence electrons. The lowest BCUT2D eigenvalue weighted by Gasteiger charge is -2.53. The van der Waals surface area contributed by atoms with Crippen molar-refractivity contribution in [2.75, 3.05) is 0 Å². The first kappa shape index (κ1) is 24.8. The molecule has 3 heteroatoms. The Hall–Kier alpha value is -2.93. The first-order chi connectivity index (χ1) is 19.8. The fraction of sp³-hybridized carbons (Fsp3) is 0.486. The van der Waals surface area contributed by atoms with Crippen LogP contribution in [0.3, 0.4) is 0 Å². The van der Waals surface area contributed by atoms with Crippen molar-refractivity contribution in [3.8, 4) is 28.3 Å². The first-order valence-electron chi connectivity index (χ1n) is 15.9. The molecule has 2 saturated heterocycles. The highest BCUT2D eigenvalue weighted by Crippen LogP contribution is 2.56. The van der Waals surface area contributed by atoms with Gasteiger partial charge in [-0.25, -0.2) is 0 Å². The fourth-order valence-electron chi connectivity index (χ4n) is 9.66. The average Bonchev–Trinajstić information content (AvgIpc) is 3.36. The largest absolute Gasteiger partial charge is 0.372 e. The van der Waals surface area contributed by atoms with Gasteiger partial charge in [-0.1, -0.05) is 79.9 Å². The van der Waals surface area contributed by atoms with Gasteiger partial charge in [0.1, 0.15) is 0 Å². The maximum absolute atomic E-state index is 9.77. The van der Waals surface area contributed by atoms with Gasteiger partial charge < -0.3 is 4.74 Å². The molecule has 0 spiro atoms. The lowest BCUT2D eigenvalue weighted by molar-refractivity contribution is -0.177. The van der Waals surface area contributed by atoms with E-state index in [9.17, 15) is 5.26 Å². The molecular formula is C37H40N2O. The SMILES string of the molecule is N#Cc1ccc(-c2cccc(C3CCC4C(C3)C3CCCC5OC6CCCCC6N4C53)c2)cc1-c1ccccc1. The smallest absolute Gasteiger partial charge is 0.0998 e. The predicted molar refractivity (Wildman–Crippen MR) is 160 cm³/mol. The number of hydrogen-bond acceptors (Lipinski definition) is 3. The van der Waals surface area contributed by atoms with Crippen molar-refractivity contribution in [2.24, 2.45) is 11.8 Å². The Bertz CT molecular complexity index is 1430. The van der Waals surface area contributed by atoms with Gasteiger partial charge in [-0.2, -0.15) is 5.26 Å². The Morgan fingerprint density at radius 3 is 2.40 bits per heavy atom. The van der Waals surface area contributed by atoms with E-state index in [-0.39, 0.29) is 0 Å². The molecule has 2 heterocycles. The van der Waals surface area contributed by atoms with Crippen molar-refractivity contribution >= 4 is 0 Å². The van der Waals surface area contributed by atoms with E-state index in [1.807, 2.05) is 24.3 Å². The summed E-state index contributed by atoms with van der Waals surface area (Å²) in [6.45, 7) is 0. The third-order valence-corrected chi connectivity index (χ3v) is 11.3. The number of fused-ring (bicyclic) bond motifs is 5. The second kappa shape index (κ2) is 10.2. The molecule has 8 atom stereocenters. The third-order valence-electron chi connectivity index (χ3n) is 11.3. The van der Waals surface area contributed by atoms with Crippen molar-refractivity contribution in [3.63, 3.8) is 0 Å². The maximum atomic E-state index is 9.77.